The van der Waals surface area contributed by atoms with Gasteiger partial charge in [-0.2, -0.15) is 0 Å². The summed E-state index contributed by atoms with van der Waals surface area (Å²) in [6.07, 6.45) is 0. The van der Waals surface area contributed by atoms with E-state index in [9.17, 15) is 4.79 Å². The number of nitrogens with zero attached hydrogens (tertiary/aromatic N) is 3. The Morgan fingerprint density at radius 3 is 2.76 bits per heavy atom. The molecule has 2 aliphatic heterocycles. The van der Waals surface area contributed by atoms with Crippen LogP contribution in [-0.4, -0.2) is 74.8 Å². The van der Waals surface area contributed by atoms with Gasteiger partial charge in [0.25, 0.3) is 5.91 Å². The predicted molar refractivity (Wildman–Crippen MR) is 113 cm³/mol. The van der Waals surface area contributed by atoms with Gasteiger partial charge in [-0.05, 0) is 17.7 Å². The maximum atomic E-state index is 12.6. The third-order valence-electron chi connectivity index (χ3n) is 5.49. The number of morpholine rings is 1. The number of ether oxygens (including phenoxy) is 1. The molecule has 0 radical (unpaired) electrons. The van der Waals surface area contributed by atoms with Crippen LogP contribution in [0.25, 0.3) is 0 Å². The van der Waals surface area contributed by atoms with Crippen LogP contribution in [0.4, 0.5) is 5.82 Å². The fraction of sp³-hybridized carbons (Fsp3) is 0.455. The van der Waals surface area contributed by atoms with Crippen molar-refractivity contribution in [1.82, 2.24) is 20.5 Å². The van der Waals surface area contributed by atoms with Gasteiger partial charge in [0.05, 0.1) is 13.2 Å². The van der Waals surface area contributed by atoms with E-state index in [1.54, 1.807) is 6.07 Å². The molecule has 2 fully saturated rings. The van der Waals surface area contributed by atoms with Gasteiger partial charge in [0.1, 0.15) is 11.5 Å². The van der Waals surface area contributed by atoms with Crippen molar-refractivity contribution in [2.75, 3.05) is 63.9 Å². The number of piperazine rings is 1. The Hall–Kier alpha value is -2.48. The van der Waals surface area contributed by atoms with Crippen molar-refractivity contribution in [1.29, 1.82) is 0 Å². The summed E-state index contributed by atoms with van der Waals surface area (Å²) in [5.74, 6) is 0.739. The molecule has 2 N–H and O–H groups in total. The van der Waals surface area contributed by atoms with Gasteiger partial charge in [-0.1, -0.05) is 36.4 Å². The van der Waals surface area contributed by atoms with Crippen molar-refractivity contribution in [2.24, 2.45) is 0 Å². The van der Waals surface area contributed by atoms with Crippen LogP contribution in [0.2, 0.25) is 0 Å². The van der Waals surface area contributed by atoms with E-state index in [2.05, 4.69) is 49.7 Å². The van der Waals surface area contributed by atoms with E-state index >= 15 is 0 Å². The molecule has 7 heteroatoms. The highest BCUT2D eigenvalue weighted by molar-refractivity contribution is 5.92. The minimum atomic E-state index is -0.116. The first-order chi connectivity index (χ1) is 14.3. The second-order valence-electron chi connectivity index (χ2n) is 7.45. The lowest BCUT2D eigenvalue weighted by molar-refractivity contribution is 0.0383. The molecule has 0 bridgehead atoms. The summed E-state index contributed by atoms with van der Waals surface area (Å²) in [7, 11) is 0. The largest absolute Gasteiger partial charge is 0.379 e. The second kappa shape index (κ2) is 9.82. The molecule has 0 unspecified atom stereocenters. The monoisotopic (exact) mass is 395 g/mol. The van der Waals surface area contributed by atoms with Crippen molar-refractivity contribution in [3.63, 3.8) is 0 Å². The van der Waals surface area contributed by atoms with Crippen LogP contribution in [0.5, 0.6) is 0 Å². The van der Waals surface area contributed by atoms with Gasteiger partial charge in [0.15, 0.2) is 0 Å². The second-order valence-corrected chi connectivity index (χ2v) is 7.45. The molecule has 2 saturated heterocycles. The number of carbonyl (C=O) groups is 1. The maximum Gasteiger partial charge on any atom is 0.270 e. The van der Waals surface area contributed by atoms with Crippen molar-refractivity contribution in [3.8, 4) is 0 Å². The zero-order valence-electron chi connectivity index (χ0n) is 16.7. The fourth-order valence-electron chi connectivity index (χ4n) is 3.84. The van der Waals surface area contributed by atoms with E-state index in [0.717, 1.165) is 58.3 Å². The van der Waals surface area contributed by atoms with Crippen LogP contribution in [0.1, 0.15) is 22.1 Å². The number of aromatic nitrogens is 1. The quantitative estimate of drug-likeness (QED) is 0.768. The van der Waals surface area contributed by atoms with Gasteiger partial charge in [-0.25, -0.2) is 4.98 Å². The summed E-state index contributed by atoms with van der Waals surface area (Å²) < 4.78 is 5.35. The Balaban J connectivity index is 1.34. The third-order valence-corrected chi connectivity index (χ3v) is 5.49. The summed E-state index contributed by atoms with van der Waals surface area (Å²) in [5.41, 5.74) is 1.74. The molecule has 7 nitrogen and oxygen atoms in total. The van der Waals surface area contributed by atoms with Gasteiger partial charge < -0.3 is 20.3 Å². The Morgan fingerprint density at radius 2 is 1.93 bits per heavy atom. The highest BCUT2D eigenvalue weighted by atomic mass is 16.5. The van der Waals surface area contributed by atoms with Crippen molar-refractivity contribution < 1.29 is 9.53 Å². The summed E-state index contributed by atoms with van der Waals surface area (Å²) in [6.45, 7) is 7.44. The normalized spacial score (nSPS) is 20.4. The predicted octanol–water partition coefficient (Wildman–Crippen LogP) is 1.29. The van der Waals surface area contributed by atoms with Gasteiger partial charge in [-0.3, -0.25) is 9.69 Å². The minimum absolute atomic E-state index is 0.116. The first-order valence-electron chi connectivity index (χ1n) is 10.4. The number of anilines is 1. The van der Waals surface area contributed by atoms with E-state index in [1.165, 1.54) is 5.56 Å². The van der Waals surface area contributed by atoms with Gasteiger partial charge in [0.2, 0.25) is 0 Å². The van der Waals surface area contributed by atoms with Crippen LogP contribution in [0.15, 0.2) is 48.5 Å². The highest BCUT2D eigenvalue weighted by Gasteiger charge is 2.22. The average Bonchev–Trinajstić information content (AvgIpc) is 2.80. The number of hydrogen-bond acceptors (Lipinski definition) is 6. The summed E-state index contributed by atoms with van der Waals surface area (Å²) in [6, 6.07) is 16.4. The molecule has 1 aromatic carbocycles. The van der Waals surface area contributed by atoms with Gasteiger partial charge in [-0.15, -0.1) is 0 Å². The standard InChI is InChI=1S/C22H29N5O2/c28-22(24-9-11-26-13-15-29-16-14-26)19-7-4-8-21(25-19)27-12-10-23-20(17-27)18-5-2-1-3-6-18/h1-8,20,23H,9-17H2,(H,24,28)/t20-/m1/s1. The van der Waals surface area contributed by atoms with Crippen LogP contribution in [0, 0.1) is 0 Å². The average molecular weight is 396 g/mol. The number of hydrogen-bond donors (Lipinski definition) is 2. The fourth-order valence-corrected chi connectivity index (χ4v) is 3.84. The van der Waals surface area contributed by atoms with Crippen molar-refractivity contribution in [3.05, 3.63) is 59.8 Å². The van der Waals surface area contributed by atoms with Crippen LogP contribution >= 0.6 is 0 Å². The molecule has 1 atom stereocenters. The maximum absolute atomic E-state index is 12.6. The summed E-state index contributed by atoms with van der Waals surface area (Å²) in [5, 5.41) is 6.57. The van der Waals surface area contributed by atoms with Crippen LogP contribution in [-0.2, 0) is 4.74 Å². The van der Waals surface area contributed by atoms with E-state index in [0.29, 0.717) is 12.2 Å². The molecular formula is C22H29N5O2. The number of pyridine rings is 1. The van der Waals surface area contributed by atoms with Gasteiger partial charge >= 0.3 is 0 Å². The van der Waals surface area contributed by atoms with E-state index in [1.807, 2.05) is 18.2 Å². The Labute approximate surface area is 172 Å². The molecule has 29 heavy (non-hydrogen) atoms. The molecule has 154 valence electrons. The topological polar surface area (TPSA) is 69.7 Å². The van der Waals surface area contributed by atoms with Gasteiger partial charge in [0, 0.05) is 51.9 Å². The lowest BCUT2D eigenvalue weighted by Crippen LogP contribution is -2.46. The van der Waals surface area contributed by atoms with Crippen LogP contribution < -0.4 is 15.5 Å². The lowest BCUT2D eigenvalue weighted by atomic mass is 10.0. The van der Waals surface area contributed by atoms with Crippen molar-refractivity contribution >= 4 is 11.7 Å². The molecule has 1 amide bonds. The summed E-state index contributed by atoms with van der Waals surface area (Å²) >= 11 is 0. The first kappa shape index (κ1) is 19.8. The molecule has 1 aromatic heterocycles. The number of amides is 1. The summed E-state index contributed by atoms with van der Waals surface area (Å²) in [4.78, 5) is 21.8. The third kappa shape index (κ3) is 5.32. The Morgan fingerprint density at radius 1 is 1.10 bits per heavy atom. The smallest absolute Gasteiger partial charge is 0.270 e. The minimum Gasteiger partial charge on any atom is -0.379 e. The zero-order chi connectivity index (χ0) is 19.9. The molecule has 2 aromatic rings. The molecule has 0 spiro atoms. The number of benzene rings is 1. The number of nitrogens with one attached hydrogen (secondary N) is 2. The van der Waals surface area contributed by atoms with E-state index in [4.69, 9.17) is 4.74 Å². The molecule has 0 saturated carbocycles. The molecular weight excluding hydrogens is 366 g/mol. The first-order valence-corrected chi connectivity index (χ1v) is 10.4. The molecule has 3 heterocycles. The highest BCUT2D eigenvalue weighted by Crippen LogP contribution is 2.21. The van der Waals surface area contributed by atoms with E-state index < -0.39 is 0 Å². The lowest BCUT2D eigenvalue weighted by Gasteiger charge is -2.35. The molecule has 4 rings (SSSR count). The molecule has 0 aliphatic carbocycles. The number of rotatable bonds is 6. The Kier molecular flexibility index (Phi) is 6.71. The van der Waals surface area contributed by atoms with Crippen LogP contribution in [0.3, 0.4) is 0 Å². The van der Waals surface area contributed by atoms with E-state index in [-0.39, 0.29) is 11.9 Å². The number of carbonyl (C=O) groups excluding carboxylic acids is 1. The van der Waals surface area contributed by atoms with Crippen molar-refractivity contribution in [2.45, 2.75) is 6.04 Å². The molecule has 2 aliphatic rings. The Bertz CT molecular complexity index is 795. The SMILES string of the molecule is O=C(NCCN1CCOCC1)c1cccc(N2CCN[C@@H](c3ccccc3)C2)n1. The zero-order valence-corrected chi connectivity index (χ0v) is 16.7.